The van der Waals surface area contributed by atoms with Crippen LogP contribution < -0.4 is 0 Å². The number of thioether (sulfide) groups is 1. The van der Waals surface area contributed by atoms with Crippen molar-refractivity contribution in [3.05, 3.63) is 23.9 Å². The molecule has 0 N–H and O–H groups in total. The molecule has 0 radical (unpaired) electrons. The Balaban J connectivity index is 2.69. The zero-order chi connectivity index (χ0) is 8.97. The van der Waals surface area contributed by atoms with Crippen LogP contribution in [0, 0.1) is 6.92 Å². The van der Waals surface area contributed by atoms with Crippen molar-refractivity contribution in [1.82, 2.24) is 4.98 Å². The van der Waals surface area contributed by atoms with E-state index in [1.54, 1.807) is 6.20 Å². The van der Waals surface area contributed by atoms with E-state index < -0.39 is 0 Å². The van der Waals surface area contributed by atoms with Gasteiger partial charge in [-0.1, -0.05) is 6.92 Å². The molecule has 2 nitrogen and oxygen atoms in total. The zero-order valence-electron chi connectivity index (χ0n) is 7.20. The van der Waals surface area contributed by atoms with Crippen LogP contribution in [-0.2, 0) is 4.79 Å². The van der Waals surface area contributed by atoms with Crippen LogP contribution in [0.25, 0.3) is 0 Å². The minimum atomic E-state index is 0.160. The van der Waals surface area contributed by atoms with Gasteiger partial charge in [-0.3, -0.25) is 4.79 Å². The molecule has 0 atom stereocenters. The van der Waals surface area contributed by atoms with Crippen LogP contribution in [0.2, 0.25) is 0 Å². The maximum Gasteiger partial charge on any atom is 0.194 e. The van der Waals surface area contributed by atoms with Gasteiger partial charge in [0, 0.05) is 12.6 Å². The molecular weight excluding hydrogens is 170 g/mol. The number of aryl methyl sites for hydroxylation is 1. The van der Waals surface area contributed by atoms with Gasteiger partial charge in [0.25, 0.3) is 0 Å². The number of nitrogens with zero attached hydrogens (tertiary/aromatic N) is 1. The van der Waals surface area contributed by atoms with E-state index in [9.17, 15) is 4.79 Å². The number of rotatable bonds is 2. The van der Waals surface area contributed by atoms with Crippen LogP contribution in [0.5, 0.6) is 0 Å². The lowest BCUT2D eigenvalue weighted by Crippen LogP contribution is -1.89. The summed E-state index contributed by atoms with van der Waals surface area (Å²) in [7, 11) is 0. The van der Waals surface area contributed by atoms with Gasteiger partial charge in [0.05, 0.1) is 0 Å². The summed E-state index contributed by atoms with van der Waals surface area (Å²) in [6, 6.07) is 3.83. The molecular formula is C9H11NOS. The highest BCUT2D eigenvalue weighted by Crippen LogP contribution is 2.17. The van der Waals surface area contributed by atoms with Crippen LogP contribution in [0.3, 0.4) is 0 Å². The van der Waals surface area contributed by atoms with Crippen molar-refractivity contribution < 1.29 is 4.79 Å². The van der Waals surface area contributed by atoms with Gasteiger partial charge < -0.3 is 0 Å². The SMILES string of the molecule is CCC(=O)Sc1cc(C)ccn1. The fraction of sp³-hybridized carbons (Fsp3) is 0.333. The molecule has 1 aromatic heterocycles. The fourth-order valence-corrected chi connectivity index (χ4v) is 1.49. The maximum atomic E-state index is 11.0. The van der Waals surface area contributed by atoms with E-state index in [0.29, 0.717) is 6.42 Å². The van der Waals surface area contributed by atoms with Gasteiger partial charge in [0.1, 0.15) is 5.03 Å². The molecule has 64 valence electrons. The first-order valence-electron chi connectivity index (χ1n) is 3.85. The fourth-order valence-electron chi connectivity index (χ4n) is 0.753. The van der Waals surface area contributed by atoms with Crippen molar-refractivity contribution in [3.63, 3.8) is 0 Å². The second-order valence-corrected chi connectivity index (χ2v) is 3.58. The van der Waals surface area contributed by atoms with Gasteiger partial charge in [0.2, 0.25) is 0 Å². The second kappa shape index (κ2) is 4.26. The summed E-state index contributed by atoms with van der Waals surface area (Å²) < 4.78 is 0. The van der Waals surface area contributed by atoms with E-state index in [4.69, 9.17) is 0 Å². The maximum absolute atomic E-state index is 11.0. The number of pyridine rings is 1. The number of carbonyl (C=O) groups excluding carboxylic acids is 1. The molecule has 0 unspecified atom stereocenters. The molecule has 0 saturated carbocycles. The molecule has 0 spiro atoms. The van der Waals surface area contributed by atoms with Crippen LogP contribution in [-0.4, -0.2) is 10.1 Å². The molecule has 3 heteroatoms. The molecule has 0 bridgehead atoms. The number of aromatic nitrogens is 1. The average Bonchev–Trinajstić information content (AvgIpc) is 2.04. The van der Waals surface area contributed by atoms with E-state index >= 15 is 0 Å². The first-order valence-corrected chi connectivity index (χ1v) is 4.67. The molecule has 0 aliphatic carbocycles. The Morgan fingerprint density at radius 2 is 2.42 bits per heavy atom. The third-order valence-corrected chi connectivity index (χ3v) is 2.35. The van der Waals surface area contributed by atoms with E-state index in [2.05, 4.69) is 4.98 Å². The first-order chi connectivity index (χ1) is 5.72. The summed E-state index contributed by atoms with van der Waals surface area (Å²) in [6.07, 6.45) is 2.28. The summed E-state index contributed by atoms with van der Waals surface area (Å²) >= 11 is 1.21. The molecule has 0 fully saturated rings. The molecule has 1 aromatic rings. The Morgan fingerprint density at radius 3 is 3.00 bits per heavy atom. The Labute approximate surface area is 76.4 Å². The summed E-state index contributed by atoms with van der Waals surface area (Å²) in [4.78, 5) is 15.1. The molecule has 1 heterocycles. The molecule has 0 aliphatic heterocycles. The minimum absolute atomic E-state index is 0.160. The lowest BCUT2D eigenvalue weighted by atomic mass is 10.3. The standard InChI is InChI=1S/C9H11NOS/c1-3-9(11)12-8-6-7(2)4-5-10-8/h4-6H,3H2,1-2H3. The molecule has 0 aromatic carbocycles. The van der Waals surface area contributed by atoms with Crippen LogP contribution >= 0.6 is 11.8 Å². The van der Waals surface area contributed by atoms with Gasteiger partial charge >= 0.3 is 0 Å². The van der Waals surface area contributed by atoms with E-state index in [1.165, 1.54) is 11.8 Å². The molecule has 0 amide bonds. The number of hydrogen-bond acceptors (Lipinski definition) is 3. The van der Waals surface area contributed by atoms with Crippen molar-refractivity contribution in [2.45, 2.75) is 25.3 Å². The van der Waals surface area contributed by atoms with Crippen molar-refractivity contribution >= 4 is 16.9 Å². The highest BCUT2D eigenvalue weighted by atomic mass is 32.2. The summed E-state index contributed by atoms with van der Waals surface area (Å²) in [6.45, 7) is 3.84. The van der Waals surface area contributed by atoms with Crippen molar-refractivity contribution in [2.75, 3.05) is 0 Å². The van der Waals surface area contributed by atoms with Gasteiger partial charge in [-0.15, -0.1) is 0 Å². The smallest absolute Gasteiger partial charge is 0.194 e. The largest absolute Gasteiger partial charge is 0.287 e. The Hall–Kier alpha value is -0.830. The molecule has 0 saturated heterocycles. The third-order valence-electron chi connectivity index (χ3n) is 1.40. The lowest BCUT2D eigenvalue weighted by Gasteiger charge is -1.97. The molecule has 1 rings (SSSR count). The molecule has 0 aliphatic rings. The quantitative estimate of drug-likeness (QED) is 0.656. The Bertz CT molecular complexity index is 286. The predicted molar refractivity (Wildman–Crippen MR) is 50.1 cm³/mol. The zero-order valence-corrected chi connectivity index (χ0v) is 8.02. The van der Waals surface area contributed by atoms with Gasteiger partial charge in [-0.05, 0) is 36.4 Å². The van der Waals surface area contributed by atoms with Crippen LogP contribution in [0.4, 0.5) is 0 Å². The van der Waals surface area contributed by atoms with E-state index in [0.717, 1.165) is 10.6 Å². The summed E-state index contributed by atoms with van der Waals surface area (Å²) in [5.41, 5.74) is 1.14. The van der Waals surface area contributed by atoms with Crippen LogP contribution in [0.1, 0.15) is 18.9 Å². The van der Waals surface area contributed by atoms with Crippen LogP contribution in [0.15, 0.2) is 23.4 Å². The van der Waals surface area contributed by atoms with Crippen molar-refractivity contribution in [1.29, 1.82) is 0 Å². The number of carbonyl (C=O) groups is 1. The normalized spacial score (nSPS) is 9.83. The highest BCUT2D eigenvalue weighted by Gasteiger charge is 2.02. The van der Waals surface area contributed by atoms with Gasteiger partial charge in [-0.2, -0.15) is 0 Å². The Morgan fingerprint density at radius 1 is 1.67 bits per heavy atom. The van der Waals surface area contributed by atoms with E-state index in [1.807, 2.05) is 26.0 Å². The average molecular weight is 181 g/mol. The van der Waals surface area contributed by atoms with Gasteiger partial charge in [0.15, 0.2) is 5.12 Å². The van der Waals surface area contributed by atoms with Gasteiger partial charge in [-0.25, -0.2) is 4.98 Å². The highest BCUT2D eigenvalue weighted by molar-refractivity contribution is 8.13. The monoisotopic (exact) mass is 181 g/mol. The summed E-state index contributed by atoms with van der Waals surface area (Å²) in [5, 5.41) is 0.954. The minimum Gasteiger partial charge on any atom is -0.287 e. The van der Waals surface area contributed by atoms with E-state index in [-0.39, 0.29) is 5.12 Å². The lowest BCUT2D eigenvalue weighted by molar-refractivity contribution is -0.110. The first kappa shape index (κ1) is 9.26. The molecule has 12 heavy (non-hydrogen) atoms. The predicted octanol–water partition coefficient (Wildman–Crippen LogP) is 2.42. The summed E-state index contributed by atoms with van der Waals surface area (Å²) in [5.74, 6) is 0. The topological polar surface area (TPSA) is 30.0 Å². The second-order valence-electron chi connectivity index (χ2n) is 2.50. The van der Waals surface area contributed by atoms with Crippen molar-refractivity contribution in [2.24, 2.45) is 0 Å². The Kier molecular flexibility index (Phi) is 3.29. The van der Waals surface area contributed by atoms with Crippen molar-refractivity contribution in [3.8, 4) is 0 Å². The number of hydrogen-bond donors (Lipinski definition) is 0. The third kappa shape index (κ3) is 2.66.